The van der Waals surface area contributed by atoms with Crippen molar-refractivity contribution in [3.8, 4) is 5.75 Å². The van der Waals surface area contributed by atoms with Crippen LogP contribution in [0.15, 0.2) is 71.6 Å². The van der Waals surface area contributed by atoms with E-state index in [1.165, 1.54) is 36.4 Å². The Morgan fingerprint density at radius 1 is 0.964 bits per heavy atom. The van der Waals surface area contributed by atoms with Crippen molar-refractivity contribution in [3.05, 3.63) is 83.1 Å². The number of sulfonamides is 1. The molecule has 3 rings (SSSR count). The molecular weight excluding hydrogens is 407 g/mol. The highest BCUT2D eigenvalue weighted by Gasteiger charge is 2.16. The minimum atomic E-state index is -3.97. The van der Waals surface area contributed by atoms with Gasteiger partial charge in [-0.15, -0.1) is 0 Å². The van der Waals surface area contributed by atoms with Gasteiger partial charge >= 0.3 is 0 Å². The number of rotatable bonds is 5. The van der Waals surface area contributed by atoms with E-state index in [4.69, 9.17) is 11.6 Å². The lowest BCUT2D eigenvalue weighted by Gasteiger charge is -2.10. The molecule has 0 heterocycles. The maximum atomic E-state index is 13.2. The molecule has 1 amide bonds. The van der Waals surface area contributed by atoms with Crippen molar-refractivity contribution in [2.24, 2.45) is 0 Å². The van der Waals surface area contributed by atoms with Gasteiger partial charge < -0.3 is 10.4 Å². The molecule has 0 fully saturated rings. The molecule has 0 saturated carbocycles. The van der Waals surface area contributed by atoms with Gasteiger partial charge in [0.05, 0.1) is 9.92 Å². The van der Waals surface area contributed by atoms with E-state index in [1.54, 1.807) is 12.1 Å². The van der Waals surface area contributed by atoms with E-state index in [0.717, 1.165) is 18.2 Å². The van der Waals surface area contributed by atoms with Gasteiger partial charge in [0.15, 0.2) is 0 Å². The van der Waals surface area contributed by atoms with Gasteiger partial charge in [0, 0.05) is 23.0 Å². The summed E-state index contributed by atoms with van der Waals surface area (Å²) in [5.74, 6) is -1.13. The average molecular weight is 421 g/mol. The van der Waals surface area contributed by atoms with E-state index < -0.39 is 21.7 Å². The first-order chi connectivity index (χ1) is 13.2. The van der Waals surface area contributed by atoms with Gasteiger partial charge in [-0.05, 0) is 54.6 Å². The average Bonchev–Trinajstić information content (AvgIpc) is 2.64. The van der Waals surface area contributed by atoms with Crippen molar-refractivity contribution in [2.75, 3.05) is 10.0 Å². The normalized spacial score (nSPS) is 11.1. The van der Waals surface area contributed by atoms with Crippen LogP contribution in [0.2, 0.25) is 5.02 Å². The Morgan fingerprint density at radius 3 is 2.32 bits per heavy atom. The van der Waals surface area contributed by atoms with E-state index in [9.17, 15) is 22.7 Å². The van der Waals surface area contributed by atoms with Crippen LogP contribution in [0.4, 0.5) is 15.8 Å². The molecule has 0 radical (unpaired) electrons. The molecule has 0 spiro atoms. The molecule has 0 aliphatic carbocycles. The number of nitrogens with one attached hydrogen (secondary N) is 2. The maximum Gasteiger partial charge on any atom is 0.261 e. The fourth-order valence-corrected chi connectivity index (χ4v) is 3.66. The summed E-state index contributed by atoms with van der Waals surface area (Å²) in [5, 5.41) is 11.7. The van der Waals surface area contributed by atoms with Gasteiger partial charge in [0.1, 0.15) is 11.6 Å². The number of phenolic OH excluding ortho intramolecular Hbond substituents is 1. The fraction of sp³-hybridized carbons (Fsp3) is 0. The Bertz CT molecular complexity index is 1130. The molecule has 0 aliphatic rings. The summed E-state index contributed by atoms with van der Waals surface area (Å²) in [6.07, 6.45) is 0. The summed E-state index contributed by atoms with van der Waals surface area (Å²) in [7, 11) is -3.97. The molecule has 0 saturated heterocycles. The minimum absolute atomic E-state index is 0.0171. The van der Waals surface area contributed by atoms with Crippen LogP contribution in [-0.2, 0) is 10.0 Å². The first-order valence-electron chi connectivity index (χ1n) is 7.93. The lowest BCUT2D eigenvalue weighted by Crippen LogP contribution is -2.14. The predicted molar refractivity (Wildman–Crippen MR) is 105 cm³/mol. The summed E-state index contributed by atoms with van der Waals surface area (Å²) >= 11 is 5.63. The summed E-state index contributed by atoms with van der Waals surface area (Å²) in [4.78, 5) is 12.0. The fourth-order valence-electron chi connectivity index (χ4n) is 2.33. The van der Waals surface area contributed by atoms with Gasteiger partial charge in [-0.3, -0.25) is 9.52 Å². The molecule has 0 atom stereocenters. The molecule has 3 N–H and O–H groups in total. The number of phenols is 1. The number of aromatic hydroxyl groups is 1. The van der Waals surface area contributed by atoms with Crippen LogP contribution < -0.4 is 10.0 Å². The molecule has 9 heteroatoms. The third-order valence-electron chi connectivity index (χ3n) is 3.70. The highest BCUT2D eigenvalue weighted by Crippen LogP contribution is 2.22. The highest BCUT2D eigenvalue weighted by atomic mass is 35.5. The number of amides is 1. The van der Waals surface area contributed by atoms with Crippen LogP contribution >= 0.6 is 11.6 Å². The second-order valence-electron chi connectivity index (χ2n) is 5.76. The lowest BCUT2D eigenvalue weighted by molar-refractivity contribution is 0.102. The SMILES string of the molecule is O=C(Nc1cccc(O)c1)c1ccc(NS(=O)(=O)c2ccc(F)c(Cl)c2)cc1. The van der Waals surface area contributed by atoms with Gasteiger partial charge in [-0.25, -0.2) is 12.8 Å². The monoisotopic (exact) mass is 420 g/mol. The van der Waals surface area contributed by atoms with Crippen LogP contribution in [-0.4, -0.2) is 19.4 Å². The largest absolute Gasteiger partial charge is 0.508 e. The number of anilines is 2. The summed E-state index contributed by atoms with van der Waals surface area (Å²) in [6.45, 7) is 0. The molecule has 0 aromatic heterocycles. The molecule has 0 bridgehead atoms. The van der Waals surface area contributed by atoms with Crippen molar-refractivity contribution in [3.63, 3.8) is 0 Å². The molecular formula is C19H14ClFN2O4S. The second kappa shape index (κ2) is 7.87. The van der Waals surface area contributed by atoms with E-state index >= 15 is 0 Å². The lowest BCUT2D eigenvalue weighted by atomic mass is 10.2. The van der Waals surface area contributed by atoms with Crippen molar-refractivity contribution in [2.45, 2.75) is 4.90 Å². The first-order valence-corrected chi connectivity index (χ1v) is 9.79. The molecule has 28 heavy (non-hydrogen) atoms. The third kappa shape index (κ3) is 4.59. The van der Waals surface area contributed by atoms with Gasteiger partial charge in [-0.2, -0.15) is 0 Å². The standard InChI is InChI=1S/C19H14ClFN2O4S/c20-17-11-16(8-9-18(17)21)28(26,27)23-13-6-4-12(5-7-13)19(25)22-14-2-1-3-15(24)10-14/h1-11,23-24H,(H,22,25). The van der Waals surface area contributed by atoms with Crippen molar-refractivity contribution in [1.29, 1.82) is 0 Å². The van der Waals surface area contributed by atoms with Crippen molar-refractivity contribution >= 4 is 38.9 Å². The number of hydrogen-bond donors (Lipinski definition) is 3. The quantitative estimate of drug-likeness (QED) is 0.575. The number of benzene rings is 3. The molecule has 144 valence electrons. The molecule has 3 aromatic rings. The first kappa shape index (κ1) is 19.7. The van der Waals surface area contributed by atoms with E-state index in [0.29, 0.717) is 5.69 Å². The smallest absolute Gasteiger partial charge is 0.261 e. The van der Waals surface area contributed by atoms with Crippen LogP contribution in [0.3, 0.4) is 0 Å². The molecule has 0 aliphatic heterocycles. The van der Waals surface area contributed by atoms with E-state index in [1.807, 2.05) is 0 Å². The predicted octanol–water partition coefficient (Wildman–Crippen LogP) is 4.24. The van der Waals surface area contributed by atoms with Gasteiger partial charge in [0.2, 0.25) is 0 Å². The van der Waals surface area contributed by atoms with Crippen molar-refractivity contribution in [1.82, 2.24) is 0 Å². The molecule has 0 unspecified atom stereocenters. The molecule has 3 aromatic carbocycles. The van der Waals surface area contributed by atoms with Crippen LogP contribution in [0, 0.1) is 5.82 Å². The summed E-state index contributed by atoms with van der Waals surface area (Å²) < 4.78 is 40.3. The summed E-state index contributed by atoms with van der Waals surface area (Å²) in [5.41, 5.74) is 0.924. The van der Waals surface area contributed by atoms with E-state index in [-0.39, 0.29) is 26.9 Å². The number of hydrogen-bond acceptors (Lipinski definition) is 4. The molecule has 6 nitrogen and oxygen atoms in total. The number of halogens is 2. The van der Waals surface area contributed by atoms with Gasteiger partial charge in [0.25, 0.3) is 15.9 Å². The Balaban J connectivity index is 1.73. The number of carbonyl (C=O) groups is 1. The van der Waals surface area contributed by atoms with Crippen molar-refractivity contribution < 1.29 is 22.7 Å². The zero-order chi connectivity index (χ0) is 20.3. The Hall–Kier alpha value is -3.10. The second-order valence-corrected chi connectivity index (χ2v) is 7.85. The van der Waals surface area contributed by atoms with Crippen LogP contribution in [0.25, 0.3) is 0 Å². The Kier molecular flexibility index (Phi) is 5.53. The Labute approximate surface area is 165 Å². The highest BCUT2D eigenvalue weighted by molar-refractivity contribution is 7.92. The minimum Gasteiger partial charge on any atom is -0.508 e. The number of carbonyl (C=O) groups excluding carboxylic acids is 1. The van der Waals surface area contributed by atoms with E-state index in [2.05, 4.69) is 10.0 Å². The van der Waals surface area contributed by atoms with Crippen LogP contribution in [0.5, 0.6) is 5.75 Å². The van der Waals surface area contributed by atoms with Crippen LogP contribution in [0.1, 0.15) is 10.4 Å². The third-order valence-corrected chi connectivity index (χ3v) is 5.37. The topological polar surface area (TPSA) is 95.5 Å². The zero-order valence-electron chi connectivity index (χ0n) is 14.2. The zero-order valence-corrected chi connectivity index (χ0v) is 15.8. The maximum absolute atomic E-state index is 13.2. The Morgan fingerprint density at radius 2 is 1.68 bits per heavy atom. The summed E-state index contributed by atoms with van der Waals surface area (Å²) in [6, 6.07) is 14.9. The van der Waals surface area contributed by atoms with Gasteiger partial charge in [-0.1, -0.05) is 17.7 Å².